The Hall–Kier alpha value is -3.39. The third kappa shape index (κ3) is 3.45. The van der Waals surface area contributed by atoms with Crippen LogP contribution < -0.4 is 9.80 Å². The van der Waals surface area contributed by atoms with Gasteiger partial charge in [-0.05, 0) is 36.4 Å². The number of amides is 2. The van der Waals surface area contributed by atoms with E-state index in [0.717, 1.165) is 48.9 Å². The van der Waals surface area contributed by atoms with Gasteiger partial charge in [-0.1, -0.05) is 11.6 Å². The number of fused-ring (bicyclic) bond motifs is 2. The molecule has 2 fully saturated rings. The zero-order valence-corrected chi connectivity index (χ0v) is 18.9. The molecule has 3 aliphatic heterocycles. The molecule has 3 aromatic rings. The van der Waals surface area contributed by atoms with Gasteiger partial charge in [-0.2, -0.15) is 5.10 Å². The van der Waals surface area contributed by atoms with E-state index >= 15 is 0 Å². The number of carbonyl (C=O) groups excluding carboxylic acids is 2. The topological polar surface area (TPSA) is 74.6 Å². The minimum Gasteiger partial charge on any atom is -0.356 e. The standard InChI is InChI=1S/C24H23ClN6O2/c1-15(32)28-9-16-11-29(12-17(16)10-28)22-7-6-21(8-26-22)30-13-18-14-31(27-23(18)24(30)33)20-4-2-19(25)3-5-20/h2-8,14,16-17H,9-13H2,1H3. The van der Waals surface area contributed by atoms with Crippen molar-refractivity contribution in [3.63, 3.8) is 0 Å². The van der Waals surface area contributed by atoms with Crippen LogP contribution in [0.5, 0.6) is 0 Å². The van der Waals surface area contributed by atoms with E-state index in [2.05, 4.69) is 15.0 Å². The highest BCUT2D eigenvalue weighted by molar-refractivity contribution is 6.30. The molecule has 2 unspecified atom stereocenters. The predicted octanol–water partition coefficient (Wildman–Crippen LogP) is 3.00. The van der Waals surface area contributed by atoms with Crippen molar-refractivity contribution < 1.29 is 9.59 Å². The molecule has 5 heterocycles. The molecule has 168 valence electrons. The van der Waals surface area contributed by atoms with Crippen molar-refractivity contribution in [1.29, 1.82) is 0 Å². The largest absolute Gasteiger partial charge is 0.356 e. The zero-order valence-electron chi connectivity index (χ0n) is 18.2. The fourth-order valence-corrected chi connectivity index (χ4v) is 5.30. The maximum Gasteiger partial charge on any atom is 0.279 e. The van der Waals surface area contributed by atoms with Crippen LogP contribution >= 0.6 is 11.6 Å². The van der Waals surface area contributed by atoms with Gasteiger partial charge in [-0.25, -0.2) is 9.67 Å². The molecule has 2 atom stereocenters. The minimum absolute atomic E-state index is 0.118. The summed E-state index contributed by atoms with van der Waals surface area (Å²) in [4.78, 5) is 35.3. The smallest absolute Gasteiger partial charge is 0.279 e. The van der Waals surface area contributed by atoms with E-state index in [4.69, 9.17) is 11.6 Å². The molecular weight excluding hydrogens is 440 g/mol. The van der Waals surface area contributed by atoms with E-state index in [1.807, 2.05) is 35.4 Å². The second kappa shape index (κ2) is 7.59. The second-order valence-corrected chi connectivity index (χ2v) is 9.48. The van der Waals surface area contributed by atoms with Gasteiger partial charge in [0.15, 0.2) is 5.69 Å². The molecular formula is C24H23ClN6O2. The Morgan fingerprint density at radius 1 is 1.00 bits per heavy atom. The number of likely N-dealkylation sites (tertiary alicyclic amines) is 1. The second-order valence-electron chi connectivity index (χ2n) is 9.04. The first-order chi connectivity index (χ1) is 16.0. The average molecular weight is 463 g/mol. The van der Waals surface area contributed by atoms with E-state index in [-0.39, 0.29) is 11.8 Å². The summed E-state index contributed by atoms with van der Waals surface area (Å²) in [6.45, 7) is 5.60. The Morgan fingerprint density at radius 2 is 1.70 bits per heavy atom. The van der Waals surface area contributed by atoms with E-state index in [1.54, 1.807) is 34.8 Å². The van der Waals surface area contributed by atoms with Crippen LogP contribution in [-0.2, 0) is 11.3 Å². The maximum absolute atomic E-state index is 13.0. The lowest BCUT2D eigenvalue weighted by Gasteiger charge is -2.22. The molecule has 33 heavy (non-hydrogen) atoms. The van der Waals surface area contributed by atoms with Crippen molar-refractivity contribution >= 4 is 34.9 Å². The third-order valence-electron chi connectivity index (χ3n) is 6.96. The summed E-state index contributed by atoms with van der Waals surface area (Å²) in [6, 6.07) is 11.3. The minimum atomic E-state index is -0.118. The van der Waals surface area contributed by atoms with Crippen LogP contribution in [0.2, 0.25) is 5.02 Å². The molecule has 3 aliphatic rings. The van der Waals surface area contributed by atoms with Gasteiger partial charge < -0.3 is 14.7 Å². The highest BCUT2D eigenvalue weighted by Crippen LogP contribution is 2.34. The van der Waals surface area contributed by atoms with Gasteiger partial charge in [0.25, 0.3) is 5.91 Å². The van der Waals surface area contributed by atoms with Crippen LogP contribution in [0, 0.1) is 11.8 Å². The number of carbonyl (C=O) groups is 2. The van der Waals surface area contributed by atoms with Crippen molar-refractivity contribution in [3.05, 3.63) is 65.1 Å². The summed E-state index contributed by atoms with van der Waals surface area (Å²) < 4.78 is 1.72. The summed E-state index contributed by atoms with van der Waals surface area (Å²) in [5.41, 5.74) is 2.99. The van der Waals surface area contributed by atoms with Crippen LogP contribution in [0.4, 0.5) is 11.5 Å². The first-order valence-corrected chi connectivity index (χ1v) is 11.5. The van der Waals surface area contributed by atoms with Crippen molar-refractivity contribution in [1.82, 2.24) is 19.7 Å². The number of aromatic nitrogens is 3. The molecule has 2 saturated heterocycles. The quantitative estimate of drug-likeness (QED) is 0.598. The Balaban J connectivity index is 1.14. The molecule has 2 aromatic heterocycles. The van der Waals surface area contributed by atoms with Gasteiger partial charge in [-0.15, -0.1) is 0 Å². The van der Waals surface area contributed by atoms with Crippen LogP contribution in [-0.4, -0.2) is 57.7 Å². The molecule has 0 bridgehead atoms. The summed E-state index contributed by atoms with van der Waals surface area (Å²) in [6.07, 6.45) is 3.66. The molecule has 0 spiro atoms. The first-order valence-electron chi connectivity index (χ1n) is 11.1. The SMILES string of the molecule is CC(=O)N1CC2CN(c3ccc(N4Cc5cn(-c6ccc(Cl)cc6)nc5C4=O)cn3)CC2C1. The van der Waals surface area contributed by atoms with E-state index in [9.17, 15) is 9.59 Å². The van der Waals surface area contributed by atoms with Gasteiger partial charge in [0, 0.05) is 61.7 Å². The van der Waals surface area contributed by atoms with Crippen LogP contribution in [0.25, 0.3) is 5.69 Å². The normalized spacial score (nSPS) is 21.6. The summed E-state index contributed by atoms with van der Waals surface area (Å²) >= 11 is 5.96. The molecule has 0 aliphatic carbocycles. The third-order valence-corrected chi connectivity index (χ3v) is 7.21. The molecule has 0 N–H and O–H groups in total. The van der Waals surface area contributed by atoms with E-state index in [0.29, 0.717) is 29.1 Å². The number of hydrogen-bond donors (Lipinski definition) is 0. The van der Waals surface area contributed by atoms with Crippen molar-refractivity contribution in [2.24, 2.45) is 11.8 Å². The fraction of sp³-hybridized carbons (Fsp3) is 0.333. The summed E-state index contributed by atoms with van der Waals surface area (Å²) in [7, 11) is 0. The highest BCUT2D eigenvalue weighted by atomic mass is 35.5. The maximum atomic E-state index is 13.0. The summed E-state index contributed by atoms with van der Waals surface area (Å²) in [5.74, 6) is 1.97. The first kappa shape index (κ1) is 20.2. The molecule has 0 saturated carbocycles. The van der Waals surface area contributed by atoms with Gasteiger partial charge >= 0.3 is 0 Å². The van der Waals surface area contributed by atoms with Gasteiger partial charge in [0.1, 0.15) is 5.82 Å². The van der Waals surface area contributed by atoms with Gasteiger partial charge in [0.05, 0.1) is 24.1 Å². The fourth-order valence-electron chi connectivity index (χ4n) is 5.17. The Morgan fingerprint density at radius 3 is 2.30 bits per heavy atom. The van der Waals surface area contributed by atoms with Crippen LogP contribution in [0.15, 0.2) is 48.8 Å². The Kier molecular flexibility index (Phi) is 4.65. The van der Waals surface area contributed by atoms with Gasteiger partial charge in [-0.3, -0.25) is 9.59 Å². The van der Waals surface area contributed by atoms with E-state index in [1.165, 1.54) is 0 Å². The van der Waals surface area contributed by atoms with Crippen LogP contribution in [0.1, 0.15) is 23.0 Å². The molecule has 6 rings (SSSR count). The lowest BCUT2D eigenvalue weighted by molar-refractivity contribution is -0.128. The van der Waals surface area contributed by atoms with Crippen molar-refractivity contribution in [2.45, 2.75) is 13.5 Å². The number of hydrogen-bond acceptors (Lipinski definition) is 5. The Bertz CT molecular complexity index is 1220. The highest BCUT2D eigenvalue weighted by Gasteiger charge is 2.41. The van der Waals surface area contributed by atoms with E-state index < -0.39 is 0 Å². The monoisotopic (exact) mass is 462 g/mol. The number of halogens is 1. The Labute approximate surface area is 196 Å². The number of benzene rings is 1. The number of rotatable bonds is 3. The van der Waals surface area contributed by atoms with Gasteiger partial charge in [0.2, 0.25) is 5.91 Å². The van der Waals surface area contributed by atoms with Crippen molar-refractivity contribution in [3.8, 4) is 5.69 Å². The predicted molar refractivity (Wildman–Crippen MR) is 125 cm³/mol. The zero-order chi connectivity index (χ0) is 22.7. The molecule has 8 nitrogen and oxygen atoms in total. The number of nitrogens with zero attached hydrogens (tertiary/aromatic N) is 6. The lowest BCUT2D eigenvalue weighted by Crippen LogP contribution is -2.32. The molecule has 2 amide bonds. The number of pyridine rings is 1. The van der Waals surface area contributed by atoms with Crippen molar-refractivity contribution in [2.75, 3.05) is 36.0 Å². The average Bonchev–Trinajstić information content (AvgIpc) is 3.55. The van der Waals surface area contributed by atoms with Crippen LogP contribution in [0.3, 0.4) is 0 Å². The molecule has 9 heteroatoms. The lowest BCUT2D eigenvalue weighted by atomic mass is 10.0. The summed E-state index contributed by atoms with van der Waals surface area (Å²) in [5, 5.41) is 5.16. The molecule has 0 radical (unpaired) electrons. The number of anilines is 2. The molecule has 1 aromatic carbocycles.